The first kappa shape index (κ1) is 17.1. The van der Waals surface area contributed by atoms with Crippen LogP contribution in [0.3, 0.4) is 0 Å². The second kappa shape index (κ2) is 7.72. The van der Waals surface area contributed by atoms with Crippen molar-refractivity contribution >= 4 is 31.6 Å². The molecule has 0 aliphatic heterocycles. The number of hydrogen-bond acceptors (Lipinski definition) is 4. The van der Waals surface area contributed by atoms with Crippen molar-refractivity contribution in [2.75, 3.05) is 25.5 Å². The average Bonchev–Trinajstić information content (AvgIpc) is 2.37. The number of anilines is 1. The number of hydrogen-bond donors (Lipinski definition) is 2. The van der Waals surface area contributed by atoms with E-state index in [1.165, 1.54) is 6.07 Å². The second-order valence-electron chi connectivity index (χ2n) is 3.90. The third-order valence-corrected chi connectivity index (χ3v) is 4.35. The van der Waals surface area contributed by atoms with Gasteiger partial charge in [-0.3, -0.25) is 0 Å². The molecule has 0 fully saturated rings. The summed E-state index contributed by atoms with van der Waals surface area (Å²) >= 11 is 2.92. The molecule has 0 unspecified atom stereocenters. The standard InChI is InChI=1S/C12H16BrFN2O3S/c1-2-3-5-19-6-4-16-20(17,18)11-8-9(15)7-10(13)12(11)14/h2,7-8,16H,1,3-6,15H2. The third-order valence-electron chi connectivity index (χ3n) is 2.31. The van der Waals surface area contributed by atoms with Crippen LogP contribution in [0.4, 0.5) is 10.1 Å². The molecule has 1 rings (SSSR count). The van der Waals surface area contributed by atoms with Gasteiger partial charge in [0.05, 0.1) is 17.7 Å². The van der Waals surface area contributed by atoms with Gasteiger partial charge < -0.3 is 10.5 Å². The topological polar surface area (TPSA) is 81.4 Å². The minimum absolute atomic E-state index is 0.0001000. The Morgan fingerprint density at radius 2 is 2.15 bits per heavy atom. The van der Waals surface area contributed by atoms with Crippen molar-refractivity contribution in [2.24, 2.45) is 0 Å². The SMILES string of the molecule is C=CCCOCCNS(=O)(=O)c1cc(N)cc(Br)c1F. The summed E-state index contributed by atoms with van der Waals surface area (Å²) in [6.45, 7) is 4.24. The number of nitrogen functional groups attached to an aromatic ring is 1. The maximum atomic E-state index is 13.8. The van der Waals surface area contributed by atoms with Crippen molar-refractivity contribution in [1.82, 2.24) is 4.72 Å². The van der Waals surface area contributed by atoms with Crippen molar-refractivity contribution in [3.8, 4) is 0 Å². The van der Waals surface area contributed by atoms with Crippen LogP contribution in [0.1, 0.15) is 6.42 Å². The zero-order chi connectivity index (χ0) is 15.2. The fourth-order valence-corrected chi connectivity index (χ4v) is 3.13. The van der Waals surface area contributed by atoms with Gasteiger partial charge in [0.1, 0.15) is 4.90 Å². The molecule has 0 amide bonds. The Balaban J connectivity index is 2.67. The molecule has 0 bridgehead atoms. The predicted octanol–water partition coefficient (Wildman–Crippen LogP) is 2.04. The van der Waals surface area contributed by atoms with Gasteiger partial charge in [-0.25, -0.2) is 17.5 Å². The van der Waals surface area contributed by atoms with Crippen LogP contribution in [0.15, 0.2) is 34.2 Å². The number of ether oxygens (including phenoxy) is 1. The number of nitrogens with one attached hydrogen (secondary N) is 1. The molecule has 5 nitrogen and oxygen atoms in total. The molecular formula is C12H16BrFN2O3S. The minimum atomic E-state index is -3.96. The molecule has 0 atom stereocenters. The first-order chi connectivity index (χ1) is 9.38. The van der Waals surface area contributed by atoms with Crippen molar-refractivity contribution in [2.45, 2.75) is 11.3 Å². The van der Waals surface area contributed by atoms with Crippen LogP contribution >= 0.6 is 15.9 Å². The Morgan fingerprint density at radius 1 is 1.45 bits per heavy atom. The lowest BCUT2D eigenvalue weighted by molar-refractivity contribution is 0.144. The van der Waals surface area contributed by atoms with Gasteiger partial charge in [-0.1, -0.05) is 6.08 Å². The van der Waals surface area contributed by atoms with E-state index in [1.807, 2.05) is 0 Å². The average molecular weight is 367 g/mol. The van der Waals surface area contributed by atoms with Crippen molar-refractivity contribution in [3.63, 3.8) is 0 Å². The first-order valence-corrected chi connectivity index (χ1v) is 8.09. The van der Waals surface area contributed by atoms with Gasteiger partial charge in [-0.2, -0.15) is 0 Å². The van der Waals surface area contributed by atoms with Gasteiger partial charge in [-0.15, -0.1) is 6.58 Å². The quantitative estimate of drug-likeness (QED) is 0.419. The summed E-state index contributed by atoms with van der Waals surface area (Å²) in [6, 6.07) is 2.37. The van der Waals surface area contributed by atoms with Crippen molar-refractivity contribution in [1.29, 1.82) is 0 Å². The molecule has 20 heavy (non-hydrogen) atoms. The van der Waals surface area contributed by atoms with Crippen LogP contribution in [0, 0.1) is 5.82 Å². The Bertz CT molecular complexity index is 578. The van der Waals surface area contributed by atoms with Gasteiger partial charge in [0.15, 0.2) is 5.82 Å². The molecule has 112 valence electrons. The highest BCUT2D eigenvalue weighted by Crippen LogP contribution is 2.25. The zero-order valence-corrected chi connectivity index (χ0v) is 13.1. The first-order valence-electron chi connectivity index (χ1n) is 5.81. The molecule has 3 N–H and O–H groups in total. The molecular weight excluding hydrogens is 351 g/mol. The summed E-state index contributed by atoms with van der Waals surface area (Å²) in [5.41, 5.74) is 5.67. The number of rotatable bonds is 8. The van der Waals surface area contributed by atoms with Crippen LogP contribution in [0.2, 0.25) is 0 Å². The third kappa shape index (κ3) is 4.86. The van der Waals surface area contributed by atoms with E-state index in [4.69, 9.17) is 10.5 Å². The van der Waals surface area contributed by atoms with Crippen LogP contribution in [-0.2, 0) is 14.8 Å². The van der Waals surface area contributed by atoms with E-state index in [0.717, 1.165) is 6.07 Å². The fraction of sp³-hybridized carbons (Fsp3) is 0.333. The predicted molar refractivity (Wildman–Crippen MR) is 79.3 cm³/mol. The molecule has 0 aliphatic rings. The normalized spacial score (nSPS) is 11.5. The summed E-state index contributed by atoms with van der Waals surface area (Å²) in [4.78, 5) is -0.490. The van der Waals surface area contributed by atoms with E-state index < -0.39 is 20.7 Å². The second-order valence-corrected chi connectivity index (χ2v) is 6.49. The van der Waals surface area contributed by atoms with E-state index in [0.29, 0.717) is 13.0 Å². The lowest BCUT2D eigenvalue weighted by Gasteiger charge is -2.09. The molecule has 0 aliphatic carbocycles. The number of nitrogens with two attached hydrogens (primary N) is 1. The van der Waals surface area contributed by atoms with Crippen molar-refractivity contribution < 1.29 is 17.5 Å². The molecule has 8 heteroatoms. The van der Waals surface area contributed by atoms with Crippen LogP contribution in [0.25, 0.3) is 0 Å². The molecule has 0 heterocycles. The van der Waals surface area contributed by atoms with Gasteiger partial charge >= 0.3 is 0 Å². The summed E-state index contributed by atoms with van der Waals surface area (Å²) in [6.07, 6.45) is 2.38. The van der Waals surface area contributed by atoms with Crippen molar-refractivity contribution in [3.05, 3.63) is 35.1 Å². The Kier molecular flexibility index (Phi) is 6.60. The molecule has 0 saturated carbocycles. The lowest BCUT2D eigenvalue weighted by Crippen LogP contribution is -2.28. The fourth-order valence-electron chi connectivity index (χ4n) is 1.37. The summed E-state index contributed by atoms with van der Waals surface area (Å²) in [5.74, 6) is -0.876. The smallest absolute Gasteiger partial charge is 0.243 e. The molecule has 1 aromatic rings. The highest BCUT2D eigenvalue weighted by molar-refractivity contribution is 9.10. The maximum Gasteiger partial charge on any atom is 0.243 e. The number of sulfonamides is 1. The largest absolute Gasteiger partial charge is 0.399 e. The van der Waals surface area contributed by atoms with E-state index in [2.05, 4.69) is 27.2 Å². The van der Waals surface area contributed by atoms with Gasteiger partial charge in [0.2, 0.25) is 10.0 Å². The van der Waals surface area contributed by atoms with Crippen LogP contribution in [0.5, 0.6) is 0 Å². The van der Waals surface area contributed by atoms with Crippen LogP contribution < -0.4 is 10.5 Å². The van der Waals surface area contributed by atoms with E-state index >= 15 is 0 Å². The monoisotopic (exact) mass is 366 g/mol. The van der Waals surface area contributed by atoms with Crippen LogP contribution in [-0.4, -0.2) is 28.2 Å². The molecule has 0 saturated heterocycles. The molecule has 0 spiro atoms. The Morgan fingerprint density at radius 3 is 2.80 bits per heavy atom. The van der Waals surface area contributed by atoms with E-state index in [9.17, 15) is 12.8 Å². The molecule has 0 aromatic heterocycles. The summed E-state index contributed by atoms with van der Waals surface area (Å²) < 4.78 is 45.1. The molecule has 0 radical (unpaired) electrons. The highest BCUT2D eigenvalue weighted by Gasteiger charge is 2.21. The van der Waals surface area contributed by atoms with Gasteiger partial charge in [-0.05, 0) is 34.5 Å². The van der Waals surface area contributed by atoms with Gasteiger partial charge in [0.25, 0.3) is 0 Å². The minimum Gasteiger partial charge on any atom is -0.399 e. The zero-order valence-electron chi connectivity index (χ0n) is 10.7. The van der Waals surface area contributed by atoms with E-state index in [1.54, 1.807) is 6.08 Å². The summed E-state index contributed by atoms with van der Waals surface area (Å²) in [7, 11) is -3.96. The highest BCUT2D eigenvalue weighted by atomic mass is 79.9. The maximum absolute atomic E-state index is 13.8. The molecule has 1 aromatic carbocycles. The van der Waals surface area contributed by atoms with Gasteiger partial charge in [0, 0.05) is 12.2 Å². The summed E-state index contributed by atoms with van der Waals surface area (Å²) in [5, 5.41) is 0. The Labute approximate surface area is 126 Å². The number of halogens is 2. The number of benzene rings is 1. The van der Waals surface area contributed by atoms with E-state index in [-0.39, 0.29) is 23.3 Å². The lowest BCUT2D eigenvalue weighted by atomic mass is 10.3. The Hall–Kier alpha value is -0.960.